The number of hydrogen-bond acceptors (Lipinski definition) is 4. The van der Waals surface area contributed by atoms with Crippen molar-refractivity contribution in [1.82, 2.24) is 19.3 Å². The summed E-state index contributed by atoms with van der Waals surface area (Å²) in [5.41, 5.74) is 3.16. The Bertz CT molecular complexity index is 1210. The van der Waals surface area contributed by atoms with Gasteiger partial charge >= 0.3 is 6.55 Å². The lowest BCUT2D eigenvalue weighted by atomic mass is 10.0. The van der Waals surface area contributed by atoms with Crippen LogP contribution in [0.15, 0.2) is 47.1 Å². The Morgan fingerprint density at radius 1 is 1.10 bits per heavy atom. The average Bonchev–Trinajstić information content (AvgIpc) is 3.26. The van der Waals surface area contributed by atoms with Crippen molar-refractivity contribution < 1.29 is 8.78 Å². The number of para-hydroxylation sites is 2. The van der Waals surface area contributed by atoms with E-state index in [2.05, 4.69) is 49.5 Å². The van der Waals surface area contributed by atoms with E-state index in [1.165, 1.54) is 0 Å². The molecule has 2 aromatic carbocycles. The van der Waals surface area contributed by atoms with Gasteiger partial charge in [-0.05, 0) is 59.1 Å². The molecule has 3 heterocycles. The molecule has 0 amide bonds. The highest BCUT2D eigenvalue weighted by molar-refractivity contribution is 9.10. The Hall–Kier alpha value is -2.68. The molecule has 6 nitrogen and oxygen atoms in total. The van der Waals surface area contributed by atoms with Gasteiger partial charge in [0.2, 0.25) is 5.95 Å². The molecule has 0 radical (unpaired) electrons. The number of alkyl halides is 2. The maximum Gasteiger partial charge on any atom is 0.321 e. The van der Waals surface area contributed by atoms with Gasteiger partial charge in [-0.1, -0.05) is 12.1 Å². The number of imidazole rings is 1. The van der Waals surface area contributed by atoms with Gasteiger partial charge in [0.15, 0.2) is 0 Å². The highest BCUT2D eigenvalue weighted by Crippen LogP contribution is 2.31. The summed E-state index contributed by atoms with van der Waals surface area (Å²) in [4.78, 5) is 6.45. The van der Waals surface area contributed by atoms with Crippen LogP contribution >= 0.6 is 15.9 Å². The quantitative estimate of drug-likeness (QED) is 0.443. The molecular weight excluding hydrogens is 454 g/mol. The topological polar surface area (TPSA) is 50.9 Å². The standard InChI is InChI=1S/C21H21BrF2N6/c1-28-18-12-14(6-7-15(18)19(22)27-28)25-13-8-10-29(11-9-13)21-26-16-4-2-3-5-17(16)30(21)20(23)24/h2-7,12-13,20,25H,8-11H2,1H3. The molecule has 1 N–H and O–H groups in total. The molecule has 5 rings (SSSR count). The van der Waals surface area contributed by atoms with Crippen LogP contribution in [0, 0.1) is 0 Å². The fourth-order valence-corrected chi connectivity index (χ4v) is 4.78. The van der Waals surface area contributed by atoms with Crippen molar-refractivity contribution in [2.45, 2.75) is 25.4 Å². The Labute approximate surface area is 180 Å². The molecule has 0 bridgehead atoms. The molecule has 1 aliphatic heterocycles. The third-order valence-electron chi connectivity index (χ3n) is 5.73. The Morgan fingerprint density at radius 2 is 1.87 bits per heavy atom. The number of benzene rings is 2. The summed E-state index contributed by atoms with van der Waals surface area (Å²) < 4.78 is 31.2. The monoisotopic (exact) mass is 474 g/mol. The first kappa shape index (κ1) is 19.3. The Kier molecular flexibility index (Phi) is 4.85. The number of nitrogens with one attached hydrogen (secondary N) is 1. The molecule has 0 spiro atoms. The number of piperidine rings is 1. The molecule has 0 saturated carbocycles. The van der Waals surface area contributed by atoms with Gasteiger partial charge in [0.1, 0.15) is 4.60 Å². The molecule has 0 aliphatic carbocycles. The molecule has 1 saturated heterocycles. The lowest BCUT2D eigenvalue weighted by Gasteiger charge is -2.33. The molecule has 156 valence electrons. The largest absolute Gasteiger partial charge is 0.382 e. The second-order valence-corrected chi connectivity index (χ2v) is 8.35. The van der Waals surface area contributed by atoms with Crippen LogP contribution in [-0.2, 0) is 7.05 Å². The predicted molar refractivity (Wildman–Crippen MR) is 118 cm³/mol. The average molecular weight is 475 g/mol. The van der Waals surface area contributed by atoms with Crippen molar-refractivity contribution in [1.29, 1.82) is 0 Å². The molecular formula is C21H21BrF2N6. The molecule has 0 atom stereocenters. The third-order valence-corrected chi connectivity index (χ3v) is 6.31. The van der Waals surface area contributed by atoms with E-state index in [1.807, 2.05) is 22.7 Å². The van der Waals surface area contributed by atoms with Crippen LogP contribution in [-0.4, -0.2) is 38.5 Å². The van der Waals surface area contributed by atoms with E-state index in [4.69, 9.17) is 0 Å². The number of fused-ring (bicyclic) bond motifs is 2. The molecule has 2 aromatic heterocycles. The minimum absolute atomic E-state index is 0.278. The number of hydrogen-bond donors (Lipinski definition) is 1. The van der Waals surface area contributed by atoms with Crippen LogP contribution in [0.25, 0.3) is 21.9 Å². The smallest absolute Gasteiger partial charge is 0.321 e. The van der Waals surface area contributed by atoms with Gasteiger partial charge in [0, 0.05) is 37.3 Å². The zero-order valence-corrected chi connectivity index (χ0v) is 18.0. The fourth-order valence-electron chi connectivity index (χ4n) is 4.21. The van der Waals surface area contributed by atoms with Gasteiger partial charge in [-0.15, -0.1) is 0 Å². The number of aryl methyl sites for hydroxylation is 1. The van der Waals surface area contributed by atoms with E-state index < -0.39 is 6.55 Å². The summed E-state index contributed by atoms with van der Waals surface area (Å²) in [6.07, 6.45) is 1.69. The van der Waals surface area contributed by atoms with Gasteiger partial charge in [-0.3, -0.25) is 9.25 Å². The second-order valence-electron chi connectivity index (χ2n) is 7.60. The van der Waals surface area contributed by atoms with E-state index in [1.54, 1.807) is 18.2 Å². The van der Waals surface area contributed by atoms with Crippen molar-refractivity contribution in [2.75, 3.05) is 23.3 Å². The van der Waals surface area contributed by atoms with E-state index in [-0.39, 0.29) is 6.04 Å². The third kappa shape index (κ3) is 3.30. The minimum atomic E-state index is -2.62. The van der Waals surface area contributed by atoms with Crippen LogP contribution in [0.2, 0.25) is 0 Å². The number of aromatic nitrogens is 4. The van der Waals surface area contributed by atoms with Gasteiger partial charge in [-0.25, -0.2) is 4.98 Å². The van der Waals surface area contributed by atoms with Crippen LogP contribution in [0.5, 0.6) is 0 Å². The maximum atomic E-state index is 13.7. The first-order valence-electron chi connectivity index (χ1n) is 9.90. The first-order valence-corrected chi connectivity index (χ1v) is 10.7. The van der Waals surface area contributed by atoms with Gasteiger partial charge < -0.3 is 10.2 Å². The van der Waals surface area contributed by atoms with E-state index in [9.17, 15) is 8.78 Å². The molecule has 30 heavy (non-hydrogen) atoms. The normalized spacial score (nSPS) is 15.6. The van der Waals surface area contributed by atoms with Gasteiger partial charge in [-0.2, -0.15) is 13.9 Å². The first-order chi connectivity index (χ1) is 14.5. The highest BCUT2D eigenvalue weighted by Gasteiger charge is 2.26. The fraction of sp³-hybridized carbons (Fsp3) is 0.333. The SMILES string of the molecule is Cn1nc(Br)c2ccc(NC3CCN(c4nc5ccccc5n4C(F)F)CC3)cc21. The number of nitrogens with zero attached hydrogens (tertiary/aromatic N) is 5. The summed E-state index contributed by atoms with van der Waals surface area (Å²) in [6.45, 7) is -1.27. The summed E-state index contributed by atoms with van der Waals surface area (Å²) in [7, 11) is 1.92. The lowest BCUT2D eigenvalue weighted by Crippen LogP contribution is -2.40. The Morgan fingerprint density at radius 3 is 2.63 bits per heavy atom. The molecule has 1 fully saturated rings. The van der Waals surface area contributed by atoms with Gasteiger partial charge in [0.05, 0.1) is 16.6 Å². The Balaban J connectivity index is 1.32. The highest BCUT2D eigenvalue weighted by atomic mass is 79.9. The van der Waals surface area contributed by atoms with Gasteiger partial charge in [0.25, 0.3) is 0 Å². The van der Waals surface area contributed by atoms with E-state index in [0.29, 0.717) is 30.1 Å². The predicted octanol–water partition coefficient (Wildman–Crippen LogP) is 5.16. The van der Waals surface area contributed by atoms with Crippen LogP contribution in [0.3, 0.4) is 0 Å². The van der Waals surface area contributed by atoms with Crippen LogP contribution in [0.1, 0.15) is 19.4 Å². The lowest BCUT2D eigenvalue weighted by molar-refractivity contribution is 0.0757. The maximum absolute atomic E-state index is 13.7. The van der Waals surface area contributed by atoms with Crippen molar-refractivity contribution in [3.63, 3.8) is 0 Å². The van der Waals surface area contributed by atoms with Crippen LogP contribution < -0.4 is 10.2 Å². The number of halogens is 3. The summed E-state index contributed by atoms with van der Waals surface area (Å²) in [6, 6.07) is 13.5. The number of rotatable bonds is 4. The molecule has 1 aliphatic rings. The summed E-state index contributed by atoms with van der Waals surface area (Å²) in [5, 5.41) is 9.05. The molecule has 0 unspecified atom stereocenters. The van der Waals surface area contributed by atoms with Crippen molar-refractivity contribution in [2.24, 2.45) is 7.05 Å². The van der Waals surface area contributed by atoms with Crippen molar-refractivity contribution in [3.05, 3.63) is 47.1 Å². The van der Waals surface area contributed by atoms with Crippen molar-refractivity contribution >= 4 is 49.5 Å². The second kappa shape index (κ2) is 7.54. The van der Waals surface area contributed by atoms with Crippen LogP contribution in [0.4, 0.5) is 20.4 Å². The van der Waals surface area contributed by atoms with E-state index in [0.717, 1.165) is 38.6 Å². The zero-order chi connectivity index (χ0) is 20.8. The molecule has 4 aromatic rings. The number of anilines is 2. The molecule has 9 heteroatoms. The minimum Gasteiger partial charge on any atom is -0.382 e. The summed E-state index contributed by atoms with van der Waals surface area (Å²) in [5.74, 6) is 0.353. The van der Waals surface area contributed by atoms with Crippen molar-refractivity contribution in [3.8, 4) is 0 Å². The zero-order valence-electron chi connectivity index (χ0n) is 16.4. The van der Waals surface area contributed by atoms with E-state index >= 15 is 0 Å². The summed E-state index contributed by atoms with van der Waals surface area (Å²) >= 11 is 3.48.